The minimum Gasteiger partial charge on any atom is -0.376 e. The molecule has 16 heavy (non-hydrogen) atoms. The van der Waals surface area contributed by atoms with Crippen LogP contribution in [0.4, 0.5) is 0 Å². The van der Waals surface area contributed by atoms with Gasteiger partial charge in [0.15, 0.2) is 0 Å². The molecule has 0 saturated heterocycles. The van der Waals surface area contributed by atoms with Crippen molar-refractivity contribution in [3.8, 4) is 0 Å². The Bertz CT molecular complexity index is 336. The molecule has 0 radical (unpaired) electrons. The second kappa shape index (κ2) is 5.26. The highest BCUT2D eigenvalue weighted by Crippen LogP contribution is 2.26. The molecule has 0 aliphatic heterocycles. The Kier molecular flexibility index (Phi) is 4.25. The Morgan fingerprint density at radius 3 is 2.25 bits per heavy atom. The third kappa shape index (κ3) is 3.46. The fraction of sp³-hybridized carbons (Fsp3) is 0.500. The first-order valence-corrected chi connectivity index (χ1v) is 5.56. The van der Waals surface area contributed by atoms with Crippen LogP contribution in [0, 0.1) is 5.41 Å². The zero-order chi connectivity index (χ0) is 12.2. The molecule has 0 amide bonds. The average Bonchev–Trinajstić information content (AvgIpc) is 2.25. The highest BCUT2D eigenvalue weighted by molar-refractivity contribution is 5.84. The van der Waals surface area contributed by atoms with E-state index in [-0.39, 0.29) is 17.3 Å². The van der Waals surface area contributed by atoms with E-state index in [0.717, 1.165) is 5.56 Å². The van der Waals surface area contributed by atoms with Crippen LogP contribution in [0.2, 0.25) is 0 Å². The Morgan fingerprint density at radius 1 is 1.25 bits per heavy atom. The predicted octanol–water partition coefficient (Wildman–Crippen LogP) is 3.38. The molecule has 0 aliphatic rings. The summed E-state index contributed by atoms with van der Waals surface area (Å²) in [6.45, 7) is 5.81. The van der Waals surface area contributed by atoms with Crippen molar-refractivity contribution < 1.29 is 9.53 Å². The maximum Gasteiger partial charge on any atom is 0.141 e. The summed E-state index contributed by atoms with van der Waals surface area (Å²) in [5, 5.41) is 0. The van der Waals surface area contributed by atoms with E-state index in [9.17, 15) is 4.79 Å². The van der Waals surface area contributed by atoms with Gasteiger partial charge < -0.3 is 4.74 Å². The second-order valence-electron chi connectivity index (χ2n) is 5.01. The first-order chi connectivity index (χ1) is 7.45. The van der Waals surface area contributed by atoms with Crippen LogP contribution in [0.5, 0.6) is 0 Å². The molecule has 0 saturated carbocycles. The molecule has 2 nitrogen and oxygen atoms in total. The summed E-state index contributed by atoms with van der Waals surface area (Å²) in [6, 6.07) is 9.86. The lowest BCUT2D eigenvalue weighted by molar-refractivity contribution is -0.128. The number of rotatable bonds is 4. The van der Waals surface area contributed by atoms with Crippen LogP contribution in [0.25, 0.3) is 0 Å². The number of carbonyl (C=O) groups is 1. The lowest BCUT2D eigenvalue weighted by Crippen LogP contribution is -2.22. The van der Waals surface area contributed by atoms with Gasteiger partial charge in [-0.25, -0.2) is 0 Å². The van der Waals surface area contributed by atoms with Gasteiger partial charge >= 0.3 is 0 Å². The van der Waals surface area contributed by atoms with Gasteiger partial charge in [-0.3, -0.25) is 4.79 Å². The van der Waals surface area contributed by atoms with Gasteiger partial charge in [0.25, 0.3) is 0 Å². The minimum atomic E-state index is -0.300. The van der Waals surface area contributed by atoms with Crippen LogP contribution in [-0.4, -0.2) is 12.9 Å². The van der Waals surface area contributed by atoms with Crippen molar-refractivity contribution in [3.63, 3.8) is 0 Å². The summed E-state index contributed by atoms with van der Waals surface area (Å²) in [7, 11) is 1.65. The number of carbonyl (C=O) groups excluding carboxylic acids is 1. The normalized spacial score (nSPS) is 13.5. The number of Topliss-reactive ketones (excluding diaryl/α,β-unsaturated/α-hetero) is 1. The fourth-order valence-electron chi connectivity index (χ4n) is 1.48. The van der Waals surface area contributed by atoms with Crippen molar-refractivity contribution in [1.82, 2.24) is 0 Å². The largest absolute Gasteiger partial charge is 0.376 e. The zero-order valence-corrected chi connectivity index (χ0v) is 10.5. The monoisotopic (exact) mass is 220 g/mol. The molecule has 88 valence electrons. The zero-order valence-electron chi connectivity index (χ0n) is 10.5. The molecule has 0 spiro atoms. The molecule has 0 N–H and O–H groups in total. The standard InChI is InChI=1S/C14H20O2/c1-14(2,3)13(15)10-12(16-4)11-8-6-5-7-9-11/h5-9,12H,10H2,1-4H3. The van der Waals surface area contributed by atoms with Crippen LogP contribution >= 0.6 is 0 Å². The molecular formula is C14H20O2. The molecule has 0 bridgehead atoms. The Morgan fingerprint density at radius 2 is 1.81 bits per heavy atom. The van der Waals surface area contributed by atoms with Gasteiger partial charge in [0.05, 0.1) is 6.10 Å². The lowest BCUT2D eigenvalue weighted by Gasteiger charge is -2.21. The van der Waals surface area contributed by atoms with Crippen molar-refractivity contribution in [1.29, 1.82) is 0 Å². The molecule has 2 heteroatoms. The van der Waals surface area contributed by atoms with Crippen molar-refractivity contribution in [3.05, 3.63) is 35.9 Å². The molecular weight excluding hydrogens is 200 g/mol. The van der Waals surface area contributed by atoms with E-state index in [2.05, 4.69) is 0 Å². The maximum absolute atomic E-state index is 11.9. The molecule has 0 fully saturated rings. The van der Waals surface area contributed by atoms with Crippen LogP contribution in [0.1, 0.15) is 38.9 Å². The summed E-state index contributed by atoms with van der Waals surface area (Å²) in [4.78, 5) is 11.9. The minimum absolute atomic E-state index is 0.132. The Labute approximate surface area is 97.6 Å². The number of ether oxygens (including phenoxy) is 1. The smallest absolute Gasteiger partial charge is 0.141 e. The number of benzene rings is 1. The van der Waals surface area contributed by atoms with Gasteiger partial charge in [-0.2, -0.15) is 0 Å². The highest BCUT2D eigenvalue weighted by atomic mass is 16.5. The van der Waals surface area contributed by atoms with Gasteiger partial charge in [0.2, 0.25) is 0 Å². The molecule has 0 aromatic heterocycles. The number of hydrogen-bond acceptors (Lipinski definition) is 2. The predicted molar refractivity (Wildman–Crippen MR) is 65.3 cm³/mol. The van der Waals surface area contributed by atoms with E-state index in [1.807, 2.05) is 51.1 Å². The van der Waals surface area contributed by atoms with Gasteiger partial charge in [0, 0.05) is 18.9 Å². The van der Waals surface area contributed by atoms with E-state index < -0.39 is 0 Å². The van der Waals surface area contributed by atoms with Crippen molar-refractivity contribution in [2.75, 3.05) is 7.11 Å². The maximum atomic E-state index is 11.9. The molecule has 1 aromatic rings. The molecule has 1 aromatic carbocycles. The van der Waals surface area contributed by atoms with Gasteiger partial charge in [-0.1, -0.05) is 51.1 Å². The van der Waals surface area contributed by atoms with Crippen molar-refractivity contribution >= 4 is 5.78 Å². The van der Waals surface area contributed by atoms with Gasteiger partial charge in [-0.15, -0.1) is 0 Å². The first kappa shape index (κ1) is 12.9. The molecule has 1 rings (SSSR count). The summed E-state index contributed by atoms with van der Waals surface area (Å²) >= 11 is 0. The molecule has 0 aliphatic carbocycles. The van der Waals surface area contributed by atoms with Crippen molar-refractivity contribution in [2.24, 2.45) is 5.41 Å². The van der Waals surface area contributed by atoms with E-state index in [4.69, 9.17) is 4.74 Å². The molecule has 0 heterocycles. The van der Waals surface area contributed by atoms with E-state index in [1.54, 1.807) is 7.11 Å². The fourth-order valence-corrected chi connectivity index (χ4v) is 1.48. The lowest BCUT2D eigenvalue weighted by atomic mass is 9.86. The first-order valence-electron chi connectivity index (χ1n) is 5.56. The quantitative estimate of drug-likeness (QED) is 0.777. The van der Waals surface area contributed by atoms with E-state index in [0.29, 0.717) is 6.42 Å². The second-order valence-corrected chi connectivity index (χ2v) is 5.01. The van der Waals surface area contributed by atoms with Gasteiger partial charge in [-0.05, 0) is 5.56 Å². The highest BCUT2D eigenvalue weighted by Gasteiger charge is 2.25. The topological polar surface area (TPSA) is 26.3 Å². The molecule has 1 unspecified atom stereocenters. The number of hydrogen-bond donors (Lipinski definition) is 0. The van der Waals surface area contributed by atoms with Crippen LogP contribution in [0.3, 0.4) is 0 Å². The van der Waals surface area contributed by atoms with E-state index >= 15 is 0 Å². The Hall–Kier alpha value is -1.15. The summed E-state index contributed by atoms with van der Waals surface area (Å²) < 4.78 is 5.38. The third-order valence-electron chi connectivity index (χ3n) is 2.66. The van der Waals surface area contributed by atoms with Crippen LogP contribution < -0.4 is 0 Å². The molecule has 1 atom stereocenters. The van der Waals surface area contributed by atoms with Crippen LogP contribution in [0.15, 0.2) is 30.3 Å². The average molecular weight is 220 g/mol. The SMILES string of the molecule is COC(CC(=O)C(C)(C)C)c1ccccc1. The Balaban J connectivity index is 2.75. The third-order valence-corrected chi connectivity index (χ3v) is 2.66. The summed E-state index contributed by atoms with van der Waals surface area (Å²) in [5.41, 5.74) is 0.758. The van der Waals surface area contributed by atoms with Gasteiger partial charge in [0.1, 0.15) is 5.78 Å². The number of methoxy groups -OCH3 is 1. The van der Waals surface area contributed by atoms with Crippen LogP contribution in [-0.2, 0) is 9.53 Å². The summed E-state index contributed by atoms with van der Waals surface area (Å²) in [5.74, 6) is 0.225. The number of ketones is 1. The van der Waals surface area contributed by atoms with Crippen molar-refractivity contribution in [2.45, 2.75) is 33.3 Å². The summed E-state index contributed by atoms with van der Waals surface area (Å²) in [6.07, 6.45) is 0.303. The van der Waals surface area contributed by atoms with E-state index in [1.165, 1.54) is 0 Å².